The van der Waals surface area contributed by atoms with E-state index in [2.05, 4.69) is 29.7 Å². The fourth-order valence-electron chi connectivity index (χ4n) is 3.21. The Morgan fingerprint density at radius 2 is 1.68 bits per heavy atom. The standard InChI is InChI=1S/C23H31N3O2/c1-5-9-21(19-10-7-6-8-11-19)25-22(27)17(2)26(4)16-18-12-14-20(15-13-18)23(28)24-3/h6-8,10-15,17,21H,5,9,16H2,1-4H3,(H,24,28)(H,25,27)/p+1/t17-,21-/m0/s1. The molecule has 2 aromatic rings. The van der Waals surface area contributed by atoms with Crippen molar-refractivity contribution in [3.63, 3.8) is 0 Å². The van der Waals surface area contributed by atoms with Gasteiger partial charge in [-0.1, -0.05) is 55.8 Å². The fourth-order valence-corrected chi connectivity index (χ4v) is 3.21. The van der Waals surface area contributed by atoms with Gasteiger partial charge in [0.2, 0.25) is 0 Å². The molecule has 0 radical (unpaired) electrons. The van der Waals surface area contributed by atoms with Crippen molar-refractivity contribution in [2.24, 2.45) is 0 Å². The molecule has 150 valence electrons. The first kappa shape index (κ1) is 21.6. The second-order valence-corrected chi connectivity index (χ2v) is 7.28. The van der Waals surface area contributed by atoms with Gasteiger partial charge < -0.3 is 15.5 Å². The second kappa shape index (κ2) is 10.6. The molecule has 2 amide bonds. The molecule has 0 aliphatic rings. The van der Waals surface area contributed by atoms with E-state index in [9.17, 15) is 9.59 Å². The lowest BCUT2D eigenvalue weighted by Crippen LogP contribution is -3.12. The maximum Gasteiger partial charge on any atom is 0.278 e. The molecule has 2 aromatic carbocycles. The summed E-state index contributed by atoms with van der Waals surface area (Å²) < 4.78 is 0. The molecule has 1 unspecified atom stereocenters. The predicted molar refractivity (Wildman–Crippen MR) is 112 cm³/mol. The number of nitrogens with one attached hydrogen (secondary N) is 3. The molecule has 0 spiro atoms. The maximum absolute atomic E-state index is 12.8. The largest absolute Gasteiger partial charge is 0.355 e. The minimum absolute atomic E-state index is 0.0424. The van der Waals surface area contributed by atoms with E-state index in [1.165, 1.54) is 0 Å². The van der Waals surface area contributed by atoms with Crippen molar-refractivity contribution < 1.29 is 14.5 Å². The summed E-state index contributed by atoms with van der Waals surface area (Å²) in [4.78, 5) is 25.6. The van der Waals surface area contributed by atoms with Crippen molar-refractivity contribution in [3.05, 3.63) is 71.3 Å². The topological polar surface area (TPSA) is 62.6 Å². The van der Waals surface area contributed by atoms with Crippen molar-refractivity contribution in [2.75, 3.05) is 14.1 Å². The summed E-state index contributed by atoms with van der Waals surface area (Å²) in [6, 6.07) is 17.5. The van der Waals surface area contributed by atoms with Gasteiger partial charge in [0.15, 0.2) is 6.04 Å². The Hall–Kier alpha value is -2.66. The molecule has 2 rings (SSSR count). The number of carbonyl (C=O) groups excluding carboxylic acids is 2. The van der Waals surface area contributed by atoms with Crippen LogP contribution in [0, 0.1) is 0 Å². The number of hydrogen-bond donors (Lipinski definition) is 3. The number of likely N-dealkylation sites (N-methyl/N-ethyl adjacent to an activating group) is 1. The van der Waals surface area contributed by atoms with E-state index in [0.29, 0.717) is 12.1 Å². The molecule has 0 saturated carbocycles. The average molecular weight is 383 g/mol. The van der Waals surface area contributed by atoms with Crippen LogP contribution in [0.1, 0.15) is 54.2 Å². The molecule has 0 fully saturated rings. The molecule has 3 N–H and O–H groups in total. The zero-order chi connectivity index (χ0) is 20.5. The van der Waals surface area contributed by atoms with Crippen LogP contribution in [0.25, 0.3) is 0 Å². The van der Waals surface area contributed by atoms with Crippen molar-refractivity contribution in [3.8, 4) is 0 Å². The molecule has 3 atom stereocenters. The van der Waals surface area contributed by atoms with Crippen LogP contribution in [0.4, 0.5) is 0 Å². The quantitative estimate of drug-likeness (QED) is 0.622. The fraction of sp³-hybridized carbons (Fsp3) is 0.391. The molecular formula is C23H32N3O2+. The summed E-state index contributed by atoms with van der Waals surface area (Å²) in [6.07, 6.45) is 1.93. The summed E-state index contributed by atoms with van der Waals surface area (Å²) in [5.74, 6) is -0.0374. The van der Waals surface area contributed by atoms with E-state index in [-0.39, 0.29) is 23.9 Å². The SMILES string of the molecule is CCC[C@H](NC(=O)[C@H](C)[NH+](C)Cc1ccc(C(=O)NC)cc1)c1ccccc1. The third kappa shape index (κ3) is 5.92. The van der Waals surface area contributed by atoms with Crippen molar-refractivity contribution in [2.45, 2.75) is 45.3 Å². The zero-order valence-electron chi connectivity index (χ0n) is 17.3. The Morgan fingerprint density at radius 3 is 2.25 bits per heavy atom. The Labute approximate surface area is 168 Å². The van der Waals surface area contributed by atoms with E-state index in [1.54, 1.807) is 7.05 Å². The monoisotopic (exact) mass is 382 g/mol. The van der Waals surface area contributed by atoms with Gasteiger partial charge in [0, 0.05) is 18.2 Å². The van der Waals surface area contributed by atoms with Crippen LogP contribution in [0.2, 0.25) is 0 Å². The molecule has 28 heavy (non-hydrogen) atoms. The highest BCUT2D eigenvalue weighted by Gasteiger charge is 2.24. The van der Waals surface area contributed by atoms with Gasteiger partial charge in [0.1, 0.15) is 6.54 Å². The lowest BCUT2D eigenvalue weighted by atomic mass is 10.0. The maximum atomic E-state index is 12.8. The van der Waals surface area contributed by atoms with E-state index >= 15 is 0 Å². The van der Waals surface area contributed by atoms with Crippen molar-refractivity contribution in [1.29, 1.82) is 0 Å². The van der Waals surface area contributed by atoms with E-state index < -0.39 is 0 Å². The van der Waals surface area contributed by atoms with Crippen molar-refractivity contribution >= 4 is 11.8 Å². The van der Waals surface area contributed by atoms with Gasteiger partial charge in [-0.05, 0) is 31.0 Å². The van der Waals surface area contributed by atoms with Crippen LogP contribution in [0.15, 0.2) is 54.6 Å². The molecular weight excluding hydrogens is 350 g/mol. The lowest BCUT2D eigenvalue weighted by Gasteiger charge is -2.25. The highest BCUT2D eigenvalue weighted by molar-refractivity contribution is 5.93. The van der Waals surface area contributed by atoms with E-state index in [1.807, 2.05) is 56.4 Å². The number of carbonyl (C=O) groups is 2. The number of rotatable bonds is 9. The third-order valence-electron chi connectivity index (χ3n) is 5.15. The van der Waals surface area contributed by atoms with Crippen LogP contribution in [-0.2, 0) is 11.3 Å². The molecule has 5 nitrogen and oxygen atoms in total. The summed E-state index contributed by atoms with van der Waals surface area (Å²) >= 11 is 0. The molecule has 5 heteroatoms. The van der Waals surface area contributed by atoms with Crippen LogP contribution >= 0.6 is 0 Å². The average Bonchev–Trinajstić information content (AvgIpc) is 2.73. The summed E-state index contributed by atoms with van der Waals surface area (Å²) in [5.41, 5.74) is 2.88. The number of amides is 2. The normalized spacial score (nSPS) is 14.0. The highest BCUT2D eigenvalue weighted by atomic mass is 16.2. The first-order valence-electron chi connectivity index (χ1n) is 9.94. The van der Waals surface area contributed by atoms with Crippen molar-refractivity contribution in [1.82, 2.24) is 10.6 Å². The Bertz CT molecular complexity index is 759. The van der Waals surface area contributed by atoms with Gasteiger partial charge in [0.05, 0.1) is 13.1 Å². The number of benzene rings is 2. The molecule has 0 aliphatic heterocycles. The van der Waals surface area contributed by atoms with Gasteiger partial charge >= 0.3 is 0 Å². The molecule has 0 aliphatic carbocycles. The molecule has 0 heterocycles. The lowest BCUT2D eigenvalue weighted by molar-refractivity contribution is -0.908. The number of quaternary nitrogens is 1. The Morgan fingerprint density at radius 1 is 1.04 bits per heavy atom. The summed E-state index contributed by atoms with van der Waals surface area (Å²) in [7, 11) is 3.64. The van der Waals surface area contributed by atoms with Gasteiger partial charge in [-0.2, -0.15) is 0 Å². The minimum Gasteiger partial charge on any atom is -0.355 e. The summed E-state index contributed by atoms with van der Waals surface area (Å²) in [5, 5.41) is 5.84. The smallest absolute Gasteiger partial charge is 0.278 e. The van der Waals surface area contributed by atoms with Crippen LogP contribution in [-0.4, -0.2) is 32.0 Å². The van der Waals surface area contributed by atoms with Gasteiger partial charge in [-0.25, -0.2) is 0 Å². The molecule has 0 aromatic heterocycles. The first-order chi connectivity index (χ1) is 13.5. The first-order valence-corrected chi connectivity index (χ1v) is 9.94. The van der Waals surface area contributed by atoms with Crippen LogP contribution < -0.4 is 15.5 Å². The molecule has 0 saturated heterocycles. The van der Waals surface area contributed by atoms with E-state index in [0.717, 1.165) is 28.9 Å². The van der Waals surface area contributed by atoms with E-state index in [4.69, 9.17) is 0 Å². The van der Waals surface area contributed by atoms with Crippen LogP contribution in [0.3, 0.4) is 0 Å². The predicted octanol–water partition coefficient (Wildman–Crippen LogP) is 2.11. The summed E-state index contributed by atoms with van der Waals surface area (Å²) in [6.45, 7) is 4.80. The number of hydrogen-bond acceptors (Lipinski definition) is 2. The second-order valence-electron chi connectivity index (χ2n) is 7.28. The minimum atomic E-state index is -0.179. The van der Waals surface area contributed by atoms with Crippen LogP contribution in [0.5, 0.6) is 0 Å². The molecule has 0 bridgehead atoms. The zero-order valence-corrected chi connectivity index (χ0v) is 17.3. The van der Waals surface area contributed by atoms with Gasteiger partial charge in [0.25, 0.3) is 11.8 Å². The van der Waals surface area contributed by atoms with Gasteiger partial charge in [-0.15, -0.1) is 0 Å². The Kier molecular flexibility index (Phi) is 8.20. The highest BCUT2D eigenvalue weighted by Crippen LogP contribution is 2.18. The van der Waals surface area contributed by atoms with Gasteiger partial charge in [-0.3, -0.25) is 9.59 Å². The third-order valence-corrected chi connectivity index (χ3v) is 5.15. The Balaban J connectivity index is 1.98.